The van der Waals surface area contributed by atoms with Crippen LogP contribution in [0.15, 0.2) is 0 Å². The van der Waals surface area contributed by atoms with Crippen LogP contribution < -0.4 is 0 Å². The van der Waals surface area contributed by atoms with Crippen molar-refractivity contribution in [2.24, 2.45) is 5.92 Å². The molecule has 1 N–H and O–H groups in total. The molecule has 1 rings (SSSR count). The minimum atomic E-state index is -0.832. The molecule has 5 nitrogen and oxygen atoms in total. The molecule has 1 unspecified atom stereocenters. The first kappa shape index (κ1) is 14.2. The van der Waals surface area contributed by atoms with Crippen LogP contribution in [0.25, 0.3) is 0 Å². The van der Waals surface area contributed by atoms with Gasteiger partial charge >= 0.3 is 5.97 Å². The van der Waals surface area contributed by atoms with Gasteiger partial charge < -0.3 is 5.11 Å². The van der Waals surface area contributed by atoms with Crippen LogP contribution in [0.1, 0.15) is 26.7 Å². The van der Waals surface area contributed by atoms with Gasteiger partial charge in [0.25, 0.3) is 0 Å². The third-order valence-electron chi connectivity index (χ3n) is 2.80. The van der Waals surface area contributed by atoms with Crippen LogP contribution in [0, 0.1) is 5.92 Å². The van der Waals surface area contributed by atoms with Crippen molar-refractivity contribution >= 4 is 28.0 Å². The molecule has 2 atom stereocenters. The van der Waals surface area contributed by atoms with Gasteiger partial charge in [-0.2, -0.15) is 0 Å². The SMILES string of the molecule is CC(=O)SC(=O)C(C)CN1CCC[C@H]1C(=O)O. The molecule has 1 aliphatic rings. The van der Waals surface area contributed by atoms with Gasteiger partial charge in [-0.25, -0.2) is 0 Å². The van der Waals surface area contributed by atoms with Gasteiger partial charge in [-0.15, -0.1) is 0 Å². The molecule has 96 valence electrons. The molecular formula is C11H17NO4S. The highest BCUT2D eigenvalue weighted by Gasteiger charge is 2.32. The first-order valence-corrected chi connectivity index (χ1v) is 6.42. The molecule has 1 saturated heterocycles. The van der Waals surface area contributed by atoms with Crippen molar-refractivity contribution in [2.75, 3.05) is 13.1 Å². The average molecular weight is 259 g/mol. The van der Waals surface area contributed by atoms with E-state index in [9.17, 15) is 14.4 Å². The van der Waals surface area contributed by atoms with Crippen molar-refractivity contribution in [3.63, 3.8) is 0 Å². The topological polar surface area (TPSA) is 74.7 Å². The summed E-state index contributed by atoms with van der Waals surface area (Å²) in [7, 11) is 0. The lowest BCUT2D eigenvalue weighted by molar-refractivity contribution is -0.142. The van der Waals surface area contributed by atoms with E-state index in [4.69, 9.17) is 5.11 Å². The summed E-state index contributed by atoms with van der Waals surface area (Å²) in [6.45, 7) is 4.20. The minimum absolute atomic E-state index is 0.187. The van der Waals surface area contributed by atoms with E-state index in [1.54, 1.807) is 6.92 Å². The first-order chi connectivity index (χ1) is 7.91. The van der Waals surface area contributed by atoms with Gasteiger partial charge in [-0.1, -0.05) is 6.92 Å². The Hall–Kier alpha value is -0.880. The number of nitrogens with zero attached hydrogens (tertiary/aromatic N) is 1. The molecule has 1 heterocycles. The minimum Gasteiger partial charge on any atom is -0.480 e. The monoisotopic (exact) mass is 259 g/mol. The van der Waals surface area contributed by atoms with E-state index in [2.05, 4.69) is 0 Å². The van der Waals surface area contributed by atoms with Gasteiger partial charge in [0.2, 0.25) is 0 Å². The van der Waals surface area contributed by atoms with Crippen LogP contribution in [0.3, 0.4) is 0 Å². The maximum absolute atomic E-state index is 11.6. The molecular weight excluding hydrogens is 242 g/mol. The second-order valence-electron chi connectivity index (χ2n) is 4.30. The zero-order valence-corrected chi connectivity index (χ0v) is 10.8. The predicted molar refractivity (Wildman–Crippen MR) is 64.7 cm³/mol. The van der Waals surface area contributed by atoms with E-state index in [-0.39, 0.29) is 16.1 Å². The first-order valence-electron chi connectivity index (χ1n) is 5.61. The van der Waals surface area contributed by atoms with Gasteiger partial charge in [-0.3, -0.25) is 19.3 Å². The van der Waals surface area contributed by atoms with Crippen LogP contribution in [0.4, 0.5) is 0 Å². The Morgan fingerprint density at radius 2 is 2.12 bits per heavy atom. The summed E-state index contributed by atoms with van der Waals surface area (Å²) >= 11 is 0.704. The Labute approximate surface area is 105 Å². The summed E-state index contributed by atoms with van der Waals surface area (Å²) in [6.07, 6.45) is 1.48. The highest BCUT2D eigenvalue weighted by atomic mass is 32.2. The van der Waals surface area contributed by atoms with Crippen molar-refractivity contribution in [2.45, 2.75) is 32.7 Å². The molecule has 0 radical (unpaired) electrons. The summed E-state index contributed by atoms with van der Waals surface area (Å²) in [6, 6.07) is -0.479. The van der Waals surface area contributed by atoms with Crippen LogP contribution in [-0.2, 0) is 14.4 Å². The van der Waals surface area contributed by atoms with Crippen molar-refractivity contribution < 1.29 is 19.5 Å². The molecule has 0 aromatic rings. The van der Waals surface area contributed by atoms with Gasteiger partial charge in [0, 0.05) is 19.4 Å². The van der Waals surface area contributed by atoms with E-state index in [1.165, 1.54) is 6.92 Å². The van der Waals surface area contributed by atoms with Crippen molar-refractivity contribution in [1.82, 2.24) is 4.90 Å². The molecule has 0 aromatic carbocycles. The lowest BCUT2D eigenvalue weighted by Gasteiger charge is -2.23. The zero-order chi connectivity index (χ0) is 13.0. The number of likely N-dealkylation sites (tertiary alicyclic amines) is 1. The van der Waals surface area contributed by atoms with E-state index in [0.717, 1.165) is 6.42 Å². The molecule has 0 spiro atoms. The number of carbonyl (C=O) groups is 3. The number of carbonyl (C=O) groups excluding carboxylic acids is 2. The van der Waals surface area contributed by atoms with Crippen molar-refractivity contribution in [3.05, 3.63) is 0 Å². The zero-order valence-electron chi connectivity index (χ0n) is 10.0. The Kier molecular flexibility index (Phi) is 5.14. The number of rotatable bonds is 4. The molecule has 0 aliphatic carbocycles. The molecule has 6 heteroatoms. The second-order valence-corrected chi connectivity index (χ2v) is 5.49. The van der Waals surface area contributed by atoms with Crippen LogP contribution >= 0.6 is 11.8 Å². The fourth-order valence-corrected chi connectivity index (χ4v) is 2.55. The van der Waals surface area contributed by atoms with E-state index >= 15 is 0 Å². The lowest BCUT2D eigenvalue weighted by Crippen LogP contribution is -2.39. The Morgan fingerprint density at radius 1 is 1.47 bits per heavy atom. The summed E-state index contributed by atoms with van der Waals surface area (Å²) < 4.78 is 0. The molecule has 0 saturated carbocycles. The molecule has 0 aromatic heterocycles. The number of thioether (sulfide) groups is 1. The summed E-state index contributed by atoms with van der Waals surface area (Å²) in [5, 5.41) is 8.58. The lowest BCUT2D eigenvalue weighted by atomic mass is 10.1. The summed E-state index contributed by atoms with van der Waals surface area (Å²) in [5.41, 5.74) is 0. The molecule has 1 fully saturated rings. The molecule has 0 bridgehead atoms. The molecule has 1 aliphatic heterocycles. The number of carboxylic acids is 1. The molecule has 17 heavy (non-hydrogen) atoms. The van der Waals surface area contributed by atoms with Gasteiger partial charge in [0.1, 0.15) is 6.04 Å². The summed E-state index contributed by atoms with van der Waals surface area (Å²) in [4.78, 5) is 35.2. The third kappa shape index (κ3) is 4.12. The molecule has 0 amide bonds. The van der Waals surface area contributed by atoms with Gasteiger partial charge in [0.05, 0.1) is 0 Å². The predicted octanol–water partition coefficient (Wildman–Crippen LogP) is 0.978. The fourth-order valence-electron chi connectivity index (χ4n) is 1.99. The van der Waals surface area contributed by atoms with Crippen molar-refractivity contribution in [3.8, 4) is 0 Å². The highest BCUT2D eigenvalue weighted by Crippen LogP contribution is 2.21. The fraction of sp³-hybridized carbons (Fsp3) is 0.727. The van der Waals surface area contributed by atoms with Crippen molar-refractivity contribution in [1.29, 1.82) is 0 Å². The quantitative estimate of drug-likeness (QED) is 0.811. The summed E-state index contributed by atoms with van der Waals surface area (Å²) in [5.74, 6) is -1.15. The second kappa shape index (κ2) is 6.16. The van der Waals surface area contributed by atoms with E-state index in [0.29, 0.717) is 31.3 Å². The van der Waals surface area contributed by atoms with E-state index in [1.807, 2.05) is 4.90 Å². The number of hydrogen-bond acceptors (Lipinski definition) is 5. The average Bonchev–Trinajstić information content (AvgIpc) is 2.64. The van der Waals surface area contributed by atoms with Crippen LogP contribution in [0.2, 0.25) is 0 Å². The number of aliphatic carboxylic acids is 1. The number of hydrogen-bond donors (Lipinski definition) is 1. The van der Waals surface area contributed by atoms with Crippen LogP contribution in [0.5, 0.6) is 0 Å². The Balaban J connectivity index is 2.50. The van der Waals surface area contributed by atoms with Gasteiger partial charge in [0.15, 0.2) is 10.2 Å². The maximum atomic E-state index is 11.6. The Morgan fingerprint density at radius 3 is 2.65 bits per heavy atom. The largest absolute Gasteiger partial charge is 0.480 e. The highest BCUT2D eigenvalue weighted by molar-refractivity contribution is 8.26. The standard InChI is InChI=1S/C11H17NO4S/c1-7(11(16)17-8(2)13)6-12-5-3-4-9(12)10(14)15/h7,9H,3-6H2,1-2H3,(H,14,15)/t7?,9-/m0/s1. The third-order valence-corrected chi connectivity index (χ3v) is 3.69. The maximum Gasteiger partial charge on any atom is 0.320 e. The normalized spacial score (nSPS) is 22.4. The smallest absolute Gasteiger partial charge is 0.320 e. The van der Waals surface area contributed by atoms with Gasteiger partial charge in [-0.05, 0) is 31.1 Å². The van der Waals surface area contributed by atoms with E-state index < -0.39 is 12.0 Å². The van der Waals surface area contributed by atoms with Crippen LogP contribution in [-0.4, -0.2) is 45.3 Å². The number of carboxylic acid groups (broad SMARTS) is 1. The Bertz CT molecular complexity index is 331.